The van der Waals surface area contributed by atoms with E-state index in [-0.39, 0.29) is 63.2 Å². The molecule has 0 amide bonds. The van der Waals surface area contributed by atoms with Crippen molar-refractivity contribution in [3.63, 3.8) is 0 Å². The Kier molecular flexibility index (Phi) is 43.9. The Morgan fingerprint density at radius 2 is 0.520 bits per heavy atom. The van der Waals surface area contributed by atoms with E-state index < -0.39 is 10.8 Å². The van der Waals surface area contributed by atoms with Crippen molar-refractivity contribution in [1.29, 1.82) is 0 Å². The molecule has 6 unspecified atom stereocenters. The molecule has 0 radical (unpaired) electrons. The SMILES string of the molecule is C(SCC1CS1)C1CS1.C(SSCC1CS1)C1CS1.Oc1cc(O)cc(O)c1.Oc1ccc(C2(c3ccc(O)cc3)c3ccccc3-c3ccccc32)cc1.Oc1ccc2cc(C3(c4ccc5cc(O)ccc5c4)c4ccccc4-c4ccccc43)ccc2c1.Oc1ccc2cc(O)ccc2c1.Oc1ccc2ccccc2c1-c1c(O)ccc2ccccc12.SCCSC(CS)CSCC(CS)SCCS.SCCSCCS. The van der Waals surface area contributed by atoms with Crippen LogP contribution in [0.15, 0.2) is 346 Å². The molecule has 0 bridgehead atoms. The molecule has 2 aliphatic carbocycles. The van der Waals surface area contributed by atoms with Gasteiger partial charge in [0.1, 0.15) is 63.2 Å². The monoisotopic (exact) mass is 2280 g/mol. The van der Waals surface area contributed by atoms with Crippen LogP contribution in [-0.2, 0) is 10.8 Å². The summed E-state index contributed by atoms with van der Waals surface area (Å²) in [5.41, 5.74) is 14.8. The van der Waals surface area contributed by atoms with Gasteiger partial charge in [-0.25, -0.2) is 0 Å². The van der Waals surface area contributed by atoms with Gasteiger partial charge in [-0.05, 0) is 241 Å². The molecule has 768 valence electrons. The lowest BCUT2D eigenvalue weighted by molar-refractivity contribution is 0.428. The first-order chi connectivity index (χ1) is 72.1. The van der Waals surface area contributed by atoms with E-state index in [1.54, 1.807) is 84.9 Å². The van der Waals surface area contributed by atoms with Crippen molar-refractivity contribution in [2.45, 2.75) is 42.3 Å². The van der Waals surface area contributed by atoms with Gasteiger partial charge in [0.15, 0.2) is 0 Å². The number of fused-ring (bicyclic) bond motifs is 11. The Hall–Kier alpha value is -8.21. The van der Waals surface area contributed by atoms with Gasteiger partial charge in [0, 0.05) is 153 Å². The molecule has 28 heteroatoms. The first-order valence-corrected chi connectivity index (χ1v) is 64.5. The van der Waals surface area contributed by atoms with Gasteiger partial charge in [-0.15, -0.1) is 0 Å². The Morgan fingerprint density at radius 3 is 0.838 bits per heavy atom. The Labute approximate surface area is 947 Å². The molecule has 4 saturated heterocycles. The van der Waals surface area contributed by atoms with Gasteiger partial charge in [-0.2, -0.15) is 182 Å². The highest BCUT2D eigenvalue weighted by molar-refractivity contribution is 8.76. The minimum Gasteiger partial charge on any atom is -0.508 e. The summed E-state index contributed by atoms with van der Waals surface area (Å²) in [6, 6.07) is 110. The lowest BCUT2D eigenvalue weighted by atomic mass is 9.67. The molecule has 4 aliphatic heterocycles. The zero-order valence-electron chi connectivity index (χ0n) is 81.1. The van der Waals surface area contributed by atoms with E-state index in [9.17, 15) is 30.6 Å². The summed E-state index contributed by atoms with van der Waals surface area (Å²) in [7, 11) is 4.15. The number of phenolic OH excluding ortho intramolecular Hbond substituents is 11. The number of aromatic hydroxyl groups is 11. The van der Waals surface area contributed by atoms with Crippen LogP contribution in [0.2, 0.25) is 0 Å². The molecule has 23 rings (SSSR count). The van der Waals surface area contributed by atoms with Gasteiger partial charge in [0.05, 0.1) is 10.8 Å². The van der Waals surface area contributed by atoms with Gasteiger partial charge >= 0.3 is 0 Å². The van der Waals surface area contributed by atoms with Crippen LogP contribution < -0.4 is 0 Å². The highest BCUT2D eigenvalue weighted by Crippen LogP contribution is 2.59. The third-order valence-electron chi connectivity index (χ3n) is 25.0. The molecule has 11 N–H and O–H groups in total. The average molecular weight is 2280 g/mol. The van der Waals surface area contributed by atoms with Crippen LogP contribution in [0.25, 0.3) is 87.2 Å². The predicted molar refractivity (Wildman–Crippen MR) is 676 cm³/mol. The van der Waals surface area contributed by atoms with Crippen LogP contribution in [0.3, 0.4) is 0 Å². The fraction of sp³-hybridized carbons (Fsp3) is 0.233. The zero-order chi connectivity index (χ0) is 104. The van der Waals surface area contributed by atoms with Crippen molar-refractivity contribution >= 4 is 257 Å². The molecule has 6 aliphatic rings. The van der Waals surface area contributed by atoms with Crippen LogP contribution in [0, 0.1) is 0 Å². The van der Waals surface area contributed by atoms with Crippen molar-refractivity contribution in [3.05, 3.63) is 390 Å². The standard InChI is InChI=1S/C33H22O2.C25H18O2.C20H14O2.C10H8O2.C10H22S7.C6H6O3.C6H10S4.C6H10S3.C4H10S3/c34-27-15-11-21-17-25(13-9-23(21)19-27)33(26-14-10-24-20-28(35)16-12-22(24)18-26)31-7-3-1-5-29(31)30-6-2-4-8-32(30)33;26-19-13-9-17(10-14-19)25(18-11-15-20(27)16-12-18)23-7-3-1-5-21(23)22-6-2-4-8-24(22)25;21-17-11-9-13-5-1-3-7-15(13)19(17)20-16-8-4-2-6-14(16)10-12-18(20)22;11-9-3-1-7-5-10(12)4-2-8(7)6-9;11-1-3-16-9(5-13)7-15-8-10(6-14)17-4-2-12;7-4-1-5(8)3-6(9)2-4;1-5(7-1)3-9-10-4-6-2-8-6;1(5-3-8-5)7-2-6-4-9-6;5-1-3-7-4-2-6/h1-20,34-35H;1-16,26-27H;1-12,21-22H;1-6,11-12H;9-14H,1-8H2;1-3,7-9H;5-6H,1-4H2;5-6H,1-4H2;5-6H,1-4H2. The number of hydrogen-bond acceptors (Lipinski definition) is 28. The van der Waals surface area contributed by atoms with Gasteiger partial charge in [-0.1, -0.05) is 252 Å². The second-order valence-corrected chi connectivity index (χ2v) is 52.0. The lowest BCUT2D eigenvalue weighted by Crippen LogP contribution is -2.28. The summed E-state index contributed by atoms with van der Waals surface area (Å²) in [5.74, 6) is 25.5. The maximum absolute atomic E-state index is 10.4. The van der Waals surface area contributed by atoms with E-state index in [0.29, 0.717) is 21.6 Å². The Balaban J connectivity index is 0.000000131. The molecule has 4 heterocycles. The maximum Gasteiger partial charge on any atom is 0.124 e. The summed E-state index contributed by atoms with van der Waals surface area (Å²) < 4.78 is 0. The van der Waals surface area contributed by atoms with E-state index in [0.717, 1.165) is 162 Å². The smallest absolute Gasteiger partial charge is 0.124 e. The summed E-state index contributed by atoms with van der Waals surface area (Å²) in [4.78, 5) is 0. The number of rotatable bonds is 30. The number of phenols is 11. The molecular weight excluding hydrogens is 2160 g/mol. The molecule has 148 heavy (non-hydrogen) atoms. The summed E-state index contributed by atoms with van der Waals surface area (Å²) >= 11 is 43.9. The first-order valence-electron chi connectivity index (χ1n) is 48.5. The second-order valence-electron chi connectivity index (χ2n) is 35.4. The highest BCUT2D eigenvalue weighted by atomic mass is 33.1. The minimum absolute atomic E-state index is 0.146. The summed E-state index contributed by atoms with van der Waals surface area (Å²) in [5, 5.41) is 120. The fourth-order valence-electron chi connectivity index (χ4n) is 17.8. The van der Waals surface area contributed by atoms with E-state index in [1.165, 1.54) is 113 Å². The van der Waals surface area contributed by atoms with E-state index >= 15 is 0 Å². The van der Waals surface area contributed by atoms with Crippen molar-refractivity contribution < 1.29 is 56.2 Å². The topological polar surface area (TPSA) is 223 Å². The number of benzene rings is 17. The molecule has 4 fully saturated rings. The number of hydrogen-bond donors (Lipinski definition) is 17. The zero-order valence-corrected chi connectivity index (χ0v) is 95.5. The molecular formula is C120H120O11S17. The normalized spacial score (nSPS) is 15.7. The molecule has 17 aromatic rings. The second kappa shape index (κ2) is 57.1. The van der Waals surface area contributed by atoms with Gasteiger partial charge in [0.25, 0.3) is 0 Å². The molecule has 0 aromatic heterocycles. The van der Waals surface area contributed by atoms with Crippen molar-refractivity contribution in [1.82, 2.24) is 0 Å². The Bertz CT molecular complexity index is 6750. The van der Waals surface area contributed by atoms with E-state index in [2.05, 4.69) is 290 Å². The van der Waals surface area contributed by atoms with Crippen LogP contribution in [0.5, 0.6) is 63.2 Å². The van der Waals surface area contributed by atoms with Gasteiger partial charge < -0.3 is 56.2 Å². The number of thioether (sulfide) groups is 9. The molecule has 0 spiro atoms. The van der Waals surface area contributed by atoms with Crippen molar-refractivity contribution in [3.8, 4) is 96.6 Å². The largest absolute Gasteiger partial charge is 0.508 e. The van der Waals surface area contributed by atoms with Crippen molar-refractivity contribution in [2.75, 3.05) is 115 Å². The lowest BCUT2D eigenvalue weighted by Gasteiger charge is -2.34. The van der Waals surface area contributed by atoms with Crippen LogP contribution in [0.1, 0.15) is 44.5 Å². The summed E-state index contributed by atoms with van der Waals surface area (Å²) in [6.45, 7) is 0. The third kappa shape index (κ3) is 30.9. The quantitative estimate of drug-likeness (QED) is 0.00870. The molecule has 11 nitrogen and oxygen atoms in total. The molecule has 6 atom stereocenters. The van der Waals surface area contributed by atoms with Crippen molar-refractivity contribution in [2.24, 2.45) is 0 Å². The average Bonchev–Trinajstić information content (AvgIpc) is 1.54. The molecule has 17 aromatic carbocycles. The van der Waals surface area contributed by atoms with Crippen LogP contribution >= 0.6 is 203 Å². The van der Waals surface area contributed by atoms with Crippen LogP contribution in [0.4, 0.5) is 0 Å². The molecule has 0 saturated carbocycles. The van der Waals surface area contributed by atoms with Gasteiger partial charge in [0.2, 0.25) is 0 Å². The maximum atomic E-state index is 10.4. The fourth-order valence-corrected chi connectivity index (χ4v) is 32.1. The van der Waals surface area contributed by atoms with Gasteiger partial charge in [-0.3, -0.25) is 0 Å². The summed E-state index contributed by atoms with van der Waals surface area (Å²) in [6.07, 6.45) is 0. The van der Waals surface area contributed by atoms with E-state index in [1.807, 2.05) is 156 Å². The predicted octanol–water partition coefficient (Wildman–Crippen LogP) is 31.1. The van der Waals surface area contributed by atoms with Crippen LogP contribution in [-0.4, -0.2) is 203 Å². The minimum atomic E-state index is -0.495. The number of thiol groups is 6. The first kappa shape index (κ1) is 114. The third-order valence-corrected chi connectivity index (χ3v) is 42.2. The van der Waals surface area contributed by atoms with E-state index in [4.69, 9.17) is 25.5 Å². The Morgan fingerprint density at radius 1 is 0.250 bits per heavy atom. The highest BCUT2D eigenvalue weighted by Gasteiger charge is 2.48.